The molecule has 1 aromatic carbocycles. The van der Waals surface area contributed by atoms with Gasteiger partial charge in [-0.25, -0.2) is 4.39 Å². The number of benzene rings is 1. The zero-order valence-corrected chi connectivity index (χ0v) is 13.6. The Morgan fingerprint density at radius 2 is 2.18 bits per heavy atom. The molecule has 1 heterocycles. The van der Waals surface area contributed by atoms with E-state index in [4.69, 9.17) is 10.5 Å². The Bertz CT molecular complexity index is 507. The van der Waals surface area contributed by atoms with Crippen molar-refractivity contribution in [3.8, 4) is 0 Å². The van der Waals surface area contributed by atoms with Gasteiger partial charge in [-0.15, -0.1) is 0 Å². The van der Waals surface area contributed by atoms with E-state index in [1.165, 1.54) is 12.1 Å². The van der Waals surface area contributed by atoms with Crippen LogP contribution in [0, 0.1) is 11.7 Å². The van der Waals surface area contributed by atoms with Gasteiger partial charge < -0.3 is 15.8 Å². The molecule has 4 nitrogen and oxygen atoms in total. The molecule has 0 bridgehead atoms. The number of hydrogen-bond acceptors (Lipinski definition) is 4. The molecule has 0 spiro atoms. The normalized spacial score (nSPS) is 17.2. The molecule has 1 aromatic rings. The molecule has 1 aliphatic rings. The summed E-state index contributed by atoms with van der Waals surface area (Å²) in [5.41, 5.74) is 7.89. The van der Waals surface area contributed by atoms with Gasteiger partial charge in [0.2, 0.25) is 5.91 Å². The Balaban J connectivity index is 1.92. The summed E-state index contributed by atoms with van der Waals surface area (Å²) >= 11 is 1.62. The van der Waals surface area contributed by atoms with Gasteiger partial charge in [0.05, 0.1) is 6.04 Å². The lowest BCUT2D eigenvalue weighted by Gasteiger charge is -2.26. The zero-order chi connectivity index (χ0) is 15.9. The number of hydrogen-bond donors (Lipinski definition) is 2. The van der Waals surface area contributed by atoms with Crippen LogP contribution in [0.2, 0.25) is 0 Å². The van der Waals surface area contributed by atoms with Gasteiger partial charge in [-0.2, -0.15) is 11.8 Å². The van der Waals surface area contributed by atoms with Crippen molar-refractivity contribution in [2.45, 2.75) is 31.2 Å². The zero-order valence-electron chi connectivity index (χ0n) is 12.8. The molecule has 1 fully saturated rings. The molecule has 1 saturated heterocycles. The van der Waals surface area contributed by atoms with E-state index in [2.05, 4.69) is 5.32 Å². The Hall–Kier alpha value is -1.11. The van der Waals surface area contributed by atoms with Gasteiger partial charge in [-0.3, -0.25) is 4.79 Å². The molecule has 1 aliphatic heterocycles. The smallest absolute Gasteiger partial charge is 0.237 e. The summed E-state index contributed by atoms with van der Waals surface area (Å²) in [6.07, 6.45) is 3.61. The van der Waals surface area contributed by atoms with Gasteiger partial charge >= 0.3 is 0 Å². The predicted molar refractivity (Wildman–Crippen MR) is 87.0 cm³/mol. The van der Waals surface area contributed by atoms with Crippen LogP contribution in [0.1, 0.15) is 24.0 Å². The predicted octanol–water partition coefficient (Wildman–Crippen LogP) is 2.06. The number of carbonyl (C=O) groups is 1. The van der Waals surface area contributed by atoms with Crippen LogP contribution in [0.3, 0.4) is 0 Å². The molecule has 0 radical (unpaired) electrons. The van der Waals surface area contributed by atoms with Crippen molar-refractivity contribution in [2.75, 3.05) is 19.5 Å². The maximum Gasteiger partial charge on any atom is 0.237 e. The molecule has 1 atom stereocenters. The molecule has 2 rings (SSSR count). The number of nitrogens with one attached hydrogen (secondary N) is 1. The average Bonchev–Trinajstić information content (AvgIpc) is 2.54. The third-order valence-corrected chi connectivity index (χ3v) is 4.60. The first kappa shape index (κ1) is 17.2. The second-order valence-electron chi connectivity index (χ2n) is 5.54. The van der Waals surface area contributed by atoms with Crippen LogP contribution >= 0.6 is 11.8 Å². The molecule has 0 aromatic heterocycles. The van der Waals surface area contributed by atoms with Crippen molar-refractivity contribution in [1.82, 2.24) is 5.32 Å². The van der Waals surface area contributed by atoms with Gasteiger partial charge in [0.25, 0.3) is 0 Å². The average molecular weight is 326 g/mol. The summed E-state index contributed by atoms with van der Waals surface area (Å²) in [6, 6.07) is 4.16. The minimum Gasteiger partial charge on any atom is -0.381 e. The minimum atomic E-state index is -0.506. The van der Waals surface area contributed by atoms with E-state index in [1.807, 2.05) is 6.26 Å². The lowest BCUT2D eigenvalue weighted by Crippen LogP contribution is -2.46. The van der Waals surface area contributed by atoms with E-state index >= 15 is 0 Å². The van der Waals surface area contributed by atoms with E-state index in [0.29, 0.717) is 19.8 Å². The molecule has 122 valence electrons. The highest BCUT2D eigenvalue weighted by molar-refractivity contribution is 7.97. The van der Waals surface area contributed by atoms with Crippen molar-refractivity contribution in [2.24, 2.45) is 11.7 Å². The van der Waals surface area contributed by atoms with Crippen LogP contribution in [0.15, 0.2) is 18.2 Å². The third-order valence-electron chi connectivity index (χ3n) is 4.00. The standard InChI is InChI=1S/C16H23FN2O2S/c1-22-10-13-8-14(17)3-2-12(13)9-19-16(20)15(18)11-4-6-21-7-5-11/h2-3,8,11,15H,4-7,9-10,18H2,1H3,(H,19,20). The molecule has 1 unspecified atom stereocenters. The number of thioether (sulfide) groups is 1. The fourth-order valence-corrected chi connectivity index (χ4v) is 3.23. The maximum absolute atomic E-state index is 13.3. The van der Waals surface area contributed by atoms with Gasteiger partial charge in [0, 0.05) is 25.5 Å². The Kier molecular flexibility index (Phi) is 6.67. The van der Waals surface area contributed by atoms with Crippen molar-refractivity contribution in [3.63, 3.8) is 0 Å². The fourth-order valence-electron chi connectivity index (χ4n) is 2.65. The van der Waals surface area contributed by atoms with Gasteiger partial charge in [0.15, 0.2) is 0 Å². The van der Waals surface area contributed by atoms with E-state index in [9.17, 15) is 9.18 Å². The highest BCUT2D eigenvalue weighted by atomic mass is 32.2. The molecule has 1 amide bonds. The van der Waals surface area contributed by atoms with Crippen molar-refractivity contribution in [3.05, 3.63) is 35.1 Å². The molecular weight excluding hydrogens is 303 g/mol. The summed E-state index contributed by atoms with van der Waals surface area (Å²) in [6.45, 7) is 1.72. The number of amides is 1. The van der Waals surface area contributed by atoms with Gasteiger partial charge in [-0.1, -0.05) is 6.07 Å². The first-order chi connectivity index (χ1) is 10.6. The van der Waals surface area contributed by atoms with Crippen LogP contribution in [0.25, 0.3) is 0 Å². The number of halogens is 1. The maximum atomic E-state index is 13.3. The SMILES string of the molecule is CSCc1cc(F)ccc1CNC(=O)C(N)C1CCOCC1. The largest absolute Gasteiger partial charge is 0.381 e. The number of ether oxygens (including phenoxy) is 1. The second kappa shape index (κ2) is 8.50. The van der Waals surface area contributed by atoms with Crippen molar-refractivity contribution >= 4 is 17.7 Å². The Morgan fingerprint density at radius 3 is 2.86 bits per heavy atom. The van der Waals surface area contributed by atoms with Gasteiger partial charge in [0.1, 0.15) is 5.82 Å². The van der Waals surface area contributed by atoms with Crippen molar-refractivity contribution < 1.29 is 13.9 Å². The van der Waals surface area contributed by atoms with Crippen LogP contribution in [0.4, 0.5) is 4.39 Å². The lowest BCUT2D eigenvalue weighted by molar-refractivity contribution is -0.124. The number of nitrogens with two attached hydrogens (primary N) is 1. The molecular formula is C16H23FN2O2S. The second-order valence-corrected chi connectivity index (χ2v) is 6.41. The minimum absolute atomic E-state index is 0.147. The van der Waals surface area contributed by atoms with Crippen LogP contribution in [-0.2, 0) is 21.8 Å². The topological polar surface area (TPSA) is 64.4 Å². The summed E-state index contributed by atoms with van der Waals surface area (Å²) in [7, 11) is 0. The Morgan fingerprint density at radius 1 is 1.45 bits per heavy atom. The summed E-state index contributed by atoms with van der Waals surface area (Å²) < 4.78 is 18.6. The van der Waals surface area contributed by atoms with Crippen LogP contribution in [0.5, 0.6) is 0 Å². The number of rotatable bonds is 6. The first-order valence-electron chi connectivity index (χ1n) is 7.49. The van der Waals surface area contributed by atoms with E-state index in [-0.39, 0.29) is 17.6 Å². The highest BCUT2D eigenvalue weighted by Gasteiger charge is 2.26. The third kappa shape index (κ3) is 4.69. The summed E-state index contributed by atoms with van der Waals surface area (Å²) in [4.78, 5) is 12.2. The van der Waals surface area contributed by atoms with Crippen LogP contribution < -0.4 is 11.1 Å². The molecule has 6 heteroatoms. The fraction of sp³-hybridized carbons (Fsp3) is 0.562. The summed E-state index contributed by atoms with van der Waals surface area (Å²) in [5.74, 6) is 0.492. The van der Waals surface area contributed by atoms with E-state index in [1.54, 1.807) is 17.8 Å². The first-order valence-corrected chi connectivity index (χ1v) is 8.88. The lowest BCUT2D eigenvalue weighted by atomic mass is 9.92. The monoisotopic (exact) mass is 326 g/mol. The molecule has 3 N–H and O–H groups in total. The van der Waals surface area contributed by atoms with Crippen LogP contribution in [-0.4, -0.2) is 31.4 Å². The molecule has 0 aliphatic carbocycles. The number of carbonyl (C=O) groups excluding carboxylic acids is 1. The van der Waals surface area contributed by atoms with Crippen molar-refractivity contribution in [1.29, 1.82) is 0 Å². The molecule has 22 heavy (non-hydrogen) atoms. The Labute approximate surface area is 135 Å². The highest BCUT2D eigenvalue weighted by Crippen LogP contribution is 2.19. The molecule has 0 saturated carbocycles. The quantitative estimate of drug-likeness (QED) is 0.840. The van der Waals surface area contributed by atoms with Gasteiger partial charge in [-0.05, 0) is 48.3 Å². The van der Waals surface area contributed by atoms with E-state index < -0.39 is 6.04 Å². The summed E-state index contributed by atoms with van der Waals surface area (Å²) in [5, 5.41) is 2.88. The van der Waals surface area contributed by atoms with E-state index in [0.717, 1.165) is 29.7 Å².